The normalized spacial score (nSPS) is 13.0. The van der Waals surface area contributed by atoms with Gasteiger partial charge in [-0.15, -0.1) is 0 Å². The van der Waals surface area contributed by atoms with Gasteiger partial charge in [0.2, 0.25) is 0 Å². The van der Waals surface area contributed by atoms with Crippen LogP contribution in [0.5, 0.6) is 0 Å². The van der Waals surface area contributed by atoms with E-state index in [1.165, 1.54) is 22.3 Å². The molecule has 1 unspecified atom stereocenters. The smallest absolute Gasteiger partial charge is 0.0476 e. The Morgan fingerprint density at radius 1 is 1.04 bits per heavy atom. The second-order valence-corrected chi connectivity index (χ2v) is 6.54. The van der Waals surface area contributed by atoms with Gasteiger partial charge in [0.25, 0.3) is 0 Å². The summed E-state index contributed by atoms with van der Waals surface area (Å²) in [5.74, 6) is 0. The average Bonchev–Trinajstić information content (AvgIpc) is 2.68. The third-order valence-corrected chi connectivity index (χ3v) is 4.53. The van der Waals surface area contributed by atoms with E-state index in [-0.39, 0.29) is 6.04 Å². The van der Waals surface area contributed by atoms with Crippen LogP contribution < -0.4 is 5.32 Å². The van der Waals surface area contributed by atoms with Gasteiger partial charge in [-0.3, -0.25) is 0 Å². The van der Waals surface area contributed by atoms with Gasteiger partial charge in [0.15, 0.2) is 0 Å². The molecule has 0 radical (unpaired) electrons. The van der Waals surface area contributed by atoms with Gasteiger partial charge in [0.1, 0.15) is 0 Å². The van der Waals surface area contributed by atoms with Crippen molar-refractivity contribution in [1.82, 2.24) is 5.32 Å². The van der Waals surface area contributed by atoms with Crippen LogP contribution in [0.2, 0.25) is 0 Å². The summed E-state index contributed by atoms with van der Waals surface area (Å²) in [6, 6.07) is 8.73. The van der Waals surface area contributed by atoms with Gasteiger partial charge >= 0.3 is 0 Å². The molecular weight excluding hydrogens is 326 g/mol. The molecule has 1 heteroatoms. The zero-order chi connectivity index (χ0) is 20.8. The molecule has 27 heavy (non-hydrogen) atoms. The van der Waals surface area contributed by atoms with Crippen LogP contribution in [0.3, 0.4) is 0 Å². The fourth-order valence-electron chi connectivity index (χ4n) is 2.60. The Hall–Kier alpha value is -2.28. The van der Waals surface area contributed by atoms with Crippen molar-refractivity contribution in [1.29, 1.82) is 0 Å². The Bertz CT molecular complexity index is 686. The first-order valence-corrected chi connectivity index (χ1v) is 10.0. The lowest BCUT2D eigenvalue weighted by molar-refractivity contribution is 0.679. The monoisotopic (exact) mass is 365 g/mol. The summed E-state index contributed by atoms with van der Waals surface area (Å²) in [6.07, 6.45) is 10.4. The quantitative estimate of drug-likeness (QED) is 0.441. The van der Waals surface area contributed by atoms with Crippen LogP contribution in [0.15, 0.2) is 78.6 Å². The first-order chi connectivity index (χ1) is 12.9. The van der Waals surface area contributed by atoms with Crippen molar-refractivity contribution in [2.75, 3.05) is 0 Å². The third kappa shape index (κ3) is 9.28. The van der Waals surface area contributed by atoms with Gasteiger partial charge in [-0.25, -0.2) is 0 Å². The number of benzene rings is 1. The molecule has 1 aromatic carbocycles. The van der Waals surface area contributed by atoms with E-state index in [1.807, 2.05) is 20.8 Å². The summed E-state index contributed by atoms with van der Waals surface area (Å²) in [6.45, 7) is 22.9. The molecular formula is C26H39N. The number of hydrogen-bond donors (Lipinski definition) is 1. The maximum absolute atomic E-state index is 4.20. The number of nitrogens with one attached hydrogen (secondary N) is 1. The third-order valence-electron chi connectivity index (χ3n) is 4.53. The van der Waals surface area contributed by atoms with Crippen LogP contribution >= 0.6 is 0 Å². The second kappa shape index (κ2) is 13.9. The molecule has 0 aliphatic rings. The van der Waals surface area contributed by atoms with Crippen LogP contribution in [0.1, 0.15) is 65.5 Å². The van der Waals surface area contributed by atoms with E-state index in [2.05, 4.69) is 94.7 Å². The lowest BCUT2D eigenvalue weighted by Crippen LogP contribution is -2.26. The Kier molecular flexibility index (Phi) is 12.7. The van der Waals surface area contributed by atoms with E-state index in [9.17, 15) is 0 Å². The molecule has 0 aliphatic carbocycles. The highest BCUT2D eigenvalue weighted by molar-refractivity contribution is 5.68. The zero-order valence-corrected chi connectivity index (χ0v) is 18.5. The molecule has 0 bridgehead atoms. The van der Waals surface area contributed by atoms with Crippen molar-refractivity contribution in [2.24, 2.45) is 0 Å². The number of rotatable bonds is 9. The molecule has 1 aromatic rings. The summed E-state index contributed by atoms with van der Waals surface area (Å²) in [4.78, 5) is 0. The molecule has 1 rings (SSSR count). The fraction of sp³-hybridized carbons (Fsp3) is 0.385. The Balaban J connectivity index is 0.00000326. The van der Waals surface area contributed by atoms with E-state index in [1.54, 1.807) is 0 Å². The van der Waals surface area contributed by atoms with Crippen molar-refractivity contribution >= 4 is 5.57 Å². The predicted octanol–water partition coefficient (Wildman–Crippen LogP) is 7.78. The van der Waals surface area contributed by atoms with E-state index >= 15 is 0 Å². The van der Waals surface area contributed by atoms with Crippen molar-refractivity contribution in [3.63, 3.8) is 0 Å². The summed E-state index contributed by atoms with van der Waals surface area (Å²) in [5.41, 5.74) is 7.38. The number of aryl methyl sites for hydroxylation is 1. The van der Waals surface area contributed by atoms with Crippen LogP contribution in [0.4, 0.5) is 0 Å². The first-order valence-electron chi connectivity index (χ1n) is 10.0. The molecule has 1 nitrogen and oxygen atoms in total. The van der Waals surface area contributed by atoms with Crippen molar-refractivity contribution in [3.05, 3.63) is 89.7 Å². The minimum absolute atomic E-state index is 0.181. The van der Waals surface area contributed by atoms with Crippen LogP contribution in [0, 0.1) is 6.92 Å². The zero-order valence-electron chi connectivity index (χ0n) is 18.5. The van der Waals surface area contributed by atoms with Gasteiger partial charge in [-0.05, 0) is 69.7 Å². The summed E-state index contributed by atoms with van der Waals surface area (Å²) >= 11 is 0. The highest BCUT2D eigenvalue weighted by Crippen LogP contribution is 2.24. The highest BCUT2D eigenvalue weighted by atomic mass is 14.9. The molecule has 1 N–H and O–H groups in total. The minimum atomic E-state index is 0.181. The van der Waals surface area contributed by atoms with Crippen molar-refractivity contribution < 1.29 is 0 Å². The lowest BCUT2D eigenvalue weighted by atomic mass is 9.96. The molecule has 0 heterocycles. The maximum atomic E-state index is 4.20. The Labute approximate surface area is 168 Å². The molecule has 148 valence electrons. The molecule has 0 saturated heterocycles. The summed E-state index contributed by atoms with van der Waals surface area (Å²) < 4.78 is 0. The highest BCUT2D eigenvalue weighted by Gasteiger charge is 2.08. The summed E-state index contributed by atoms with van der Waals surface area (Å²) in [5, 5.41) is 3.47. The van der Waals surface area contributed by atoms with Crippen LogP contribution in [-0.4, -0.2) is 6.04 Å². The minimum Gasteiger partial charge on any atom is -0.382 e. The average molecular weight is 366 g/mol. The fourth-order valence-corrected chi connectivity index (χ4v) is 2.60. The Morgan fingerprint density at radius 3 is 2.22 bits per heavy atom. The van der Waals surface area contributed by atoms with E-state index < -0.39 is 0 Å². The SMILES string of the molecule is C=C(CC/C(=C/C)c1ccccc1C)NC(C)C(=C)/C=C\C(C)=C/C.CC. The topological polar surface area (TPSA) is 12.0 Å². The Morgan fingerprint density at radius 2 is 1.67 bits per heavy atom. The molecule has 0 fully saturated rings. The molecule has 0 aromatic heterocycles. The second-order valence-electron chi connectivity index (χ2n) is 6.54. The standard InChI is InChI=1S/C24H33N.C2H6/c1-8-18(3)14-15-19(4)22(7)25-21(6)16-17-23(9-2)24-13-11-10-12-20(24)5;1-2/h8-15,22,25H,4,6,16-17H2,1-3,5,7H3;1-2H3/b15-14-,18-8-,23-9-;. The van der Waals surface area contributed by atoms with E-state index in [0.29, 0.717) is 0 Å². The number of hydrogen-bond acceptors (Lipinski definition) is 1. The van der Waals surface area contributed by atoms with Gasteiger partial charge < -0.3 is 5.32 Å². The van der Waals surface area contributed by atoms with Crippen LogP contribution in [0.25, 0.3) is 5.57 Å². The number of allylic oxidation sites excluding steroid dienone is 6. The first kappa shape index (κ1) is 24.7. The lowest BCUT2D eigenvalue weighted by Gasteiger charge is -2.19. The molecule has 0 spiro atoms. The molecule has 0 aliphatic heterocycles. The molecule has 1 atom stereocenters. The van der Waals surface area contributed by atoms with E-state index in [4.69, 9.17) is 0 Å². The van der Waals surface area contributed by atoms with Crippen molar-refractivity contribution in [3.8, 4) is 0 Å². The van der Waals surface area contributed by atoms with Gasteiger partial charge in [-0.2, -0.15) is 0 Å². The molecule has 0 saturated carbocycles. The van der Waals surface area contributed by atoms with Crippen molar-refractivity contribution in [2.45, 2.75) is 67.3 Å². The predicted molar refractivity (Wildman–Crippen MR) is 125 cm³/mol. The van der Waals surface area contributed by atoms with Gasteiger partial charge in [0, 0.05) is 11.7 Å². The summed E-state index contributed by atoms with van der Waals surface area (Å²) in [7, 11) is 0. The van der Waals surface area contributed by atoms with Gasteiger partial charge in [-0.1, -0.05) is 81.1 Å². The van der Waals surface area contributed by atoms with E-state index in [0.717, 1.165) is 24.1 Å². The van der Waals surface area contributed by atoms with Gasteiger partial charge in [0.05, 0.1) is 0 Å². The maximum Gasteiger partial charge on any atom is 0.0476 e. The van der Waals surface area contributed by atoms with Crippen LogP contribution in [-0.2, 0) is 0 Å². The largest absolute Gasteiger partial charge is 0.382 e. The molecule has 0 amide bonds.